The average Bonchev–Trinajstić information content (AvgIpc) is 1.97. The van der Waals surface area contributed by atoms with Gasteiger partial charge in [-0.1, -0.05) is 18.2 Å². The molecular formula is C9H16S. The van der Waals surface area contributed by atoms with Gasteiger partial charge < -0.3 is 0 Å². The van der Waals surface area contributed by atoms with Gasteiger partial charge in [0, 0.05) is 0 Å². The smallest absolute Gasteiger partial charge is 0.00978 e. The van der Waals surface area contributed by atoms with Crippen LogP contribution in [0.2, 0.25) is 0 Å². The van der Waals surface area contributed by atoms with E-state index in [0.29, 0.717) is 0 Å². The highest BCUT2D eigenvalue weighted by molar-refractivity contribution is 7.80. The molecule has 0 saturated carbocycles. The fourth-order valence-electron chi connectivity index (χ4n) is 0.684. The largest absolute Gasteiger partial charge is 0.179 e. The van der Waals surface area contributed by atoms with E-state index in [1.165, 1.54) is 19.3 Å². The zero-order valence-corrected chi connectivity index (χ0v) is 7.32. The molecule has 0 N–H and O–H groups in total. The fraction of sp³-hybridized carbons (Fsp3) is 0.556. The lowest BCUT2D eigenvalue weighted by Crippen LogP contribution is -1.73. The summed E-state index contributed by atoms with van der Waals surface area (Å²) in [6.07, 6.45) is 11.0. The average molecular weight is 156 g/mol. The first-order chi connectivity index (χ1) is 4.91. The van der Waals surface area contributed by atoms with Crippen molar-refractivity contribution < 1.29 is 0 Å². The van der Waals surface area contributed by atoms with Crippen LogP contribution in [0.4, 0.5) is 0 Å². The Kier molecular flexibility index (Phi) is 8.68. The third-order valence-electron chi connectivity index (χ3n) is 1.25. The van der Waals surface area contributed by atoms with Crippen molar-refractivity contribution in [3.05, 3.63) is 24.8 Å². The maximum absolute atomic E-state index is 4.12. The molecule has 0 nitrogen and oxygen atoms in total. The maximum Gasteiger partial charge on any atom is -0.00978 e. The molecule has 0 spiro atoms. The Morgan fingerprint density at radius 1 is 1.20 bits per heavy atom. The van der Waals surface area contributed by atoms with Crippen molar-refractivity contribution in [2.75, 3.05) is 5.75 Å². The van der Waals surface area contributed by atoms with E-state index in [2.05, 4.69) is 31.4 Å². The third kappa shape index (κ3) is 7.83. The van der Waals surface area contributed by atoms with E-state index in [0.717, 1.165) is 12.2 Å². The van der Waals surface area contributed by atoms with Gasteiger partial charge in [0.25, 0.3) is 0 Å². The van der Waals surface area contributed by atoms with Gasteiger partial charge in [0.15, 0.2) is 0 Å². The molecule has 0 aromatic carbocycles. The minimum Gasteiger partial charge on any atom is -0.179 e. The first-order valence-electron chi connectivity index (χ1n) is 3.78. The summed E-state index contributed by atoms with van der Waals surface area (Å²) < 4.78 is 0. The van der Waals surface area contributed by atoms with E-state index in [-0.39, 0.29) is 0 Å². The Morgan fingerprint density at radius 2 is 2.00 bits per heavy atom. The maximum atomic E-state index is 4.12. The van der Waals surface area contributed by atoms with E-state index < -0.39 is 0 Å². The molecule has 0 amide bonds. The Morgan fingerprint density at radius 3 is 2.60 bits per heavy atom. The molecule has 0 atom stereocenters. The highest BCUT2D eigenvalue weighted by atomic mass is 32.1. The summed E-state index contributed by atoms with van der Waals surface area (Å²) in [6.45, 7) is 3.63. The third-order valence-corrected chi connectivity index (χ3v) is 1.56. The lowest BCUT2D eigenvalue weighted by molar-refractivity contribution is 0.823. The van der Waals surface area contributed by atoms with Crippen LogP contribution in [0.5, 0.6) is 0 Å². The van der Waals surface area contributed by atoms with Gasteiger partial charge in [-0.05, 0) is 31.4 Å². The molecule has 0 aliphatic carbocycles. The molecule has 1 heteroatoms. The van der Waals surface area contributed by atoms with Crippen molar-refractivity contribution in [3.63, 3.8) is 0 Å². The molecule has 0 heterocycles. The lowest BCUT2D eigenvalue weighted by Gasteiger charge is -1.89. The van der Waals surface area contributed by atoms with E-state index in [9.17, 15) is 0 Å². The van der Waals surface area contributed by atoms with Crippen LogP contribution in [0.15, 0.2) is 24.8 Å². The Balaban J connectivity index is 2.94. The summed E-state index contributed by atoms with van der Waals surface area (Å²) >= 11 is 4.12. The molecule has 0 aromatic rings. The second-order valence-electron chi connectivity index (χ2n) is 2.22. The fourth-order valence-corrected chi connectivity index (χ4v) is 0.908. The number of hydrogen-bond donors (Lipinski definition) is 1. The SMILES string of the molecule is C=CC/C=C\CCCCS. The predicted molar refractivity (Wildman–Crippen MR) is 51.7 cm³/mol. The van der Waals surface area contributed by atoms with Crippen LogP contribution in [-0.2, 0) is 0 Å². The molecule has 0 aromatic heterocycles. The Labute approximate surface area is 69.4 Å². The van der Waals surface area contributed by atoms with Gasteiger partial charge in [-0.25, -0.2) is 0 Å². The van der Waals surface area contributed by atoms with Crippen molar-refractivity contribution in [2.45, 2.75) is 25.7 Å². The summed E-state index contributed by atoms with van der Waals surface area (Å²) in [6, 6.07) is 0. The normalized spacial score (nSPS) is 10.5. The molecule has 0 saturated heterocycles. The summed E-state index contributed by atoms with van der Waals surface area (Å²) in [5, 5.41) is 0. The Bertz CT molecular complexity index is 94.9. The van der Waals surface area contributed by atoms with Crippen LogP contribution < -0.4 is 0 Å². The first-order valence-corrected chi connectivity index (χ1v) is 4.42. The van der Waals surface area contributed by atoms with E-state index in [4.69, 9.17) is 0 Å². The van der Waals surface area contributed by atoms with Crippen LogP contribution >= 0.6 is 12.6 Å². The number of rotatable bonds is 6. The van der Waals surface area contributed by atoms with E-state index in [1.54, 1.807) is 0 Å². The molecule has 0 fully saturated rings. The predicted octanol–water partition coefficient (Wildman–Crippen LogP) is 3.22. The molecule has 0 aliphatic heterocycles. The topological polar surface area (TPSA) is 0 Å². The zero-order chi connectivity index (χ0) is 7.66. The van der Waals surface area contributed by atoms with E-state index in [1.807, 2.05) is 6.08 Å². The van der Waals surface area contributed by atoms with Gasteiger partial charge in [0.2, 0.25) is 0 Å². The van der Waals surface area contributed by atoms with Crippen LogP contribution in [-0.4, -0.2) is 5.75 Å². The lowest BCUT2D eigenvalue weighted by atomic mass is 10.2. The molecular weight excluding hydrogens is 140 g/mol. The minimum absolute atomic E-state index is 1.00. The van der Waals surface area contributed by atoms with Gasteiger partial charge >= 0.3 is 0 Å². The number of unbranched alkanes of at least 4 members (excludes halogenated alkanes) is 2. The second-order valence-corrected chi connectivity index (χ2v) is 2.66. The summed E-state index contributed by atoms with van der Waals surface area (Å²) in [5.74, 6) is 1.01. The van der Waals surface area contributed by atoms with Crippen LogP contribution in [0.25, 0.3) is 0 Å². The zero-order valence-electron chi connectivity index (χ0n) is 6.42. The van der Waals surface area contributed by atoms with Crippen molar-refractivity contribution in [2.24, 2.45) is 0 Å². The summed E-state index contributed by atoms with van der Waals surface area (Å²) in [4.78, 5) is 0. The van der Waals surface area contributed by atoms with Gasteiger partial charge in [0.05, 0.1) is 0 Å². The van der Waals surface area contributed by atoms with Crippen LogP contribution in [0.1, 0.15) is 25.7 Å². The standard InChI is InChI=1S/C9H16S/c1-2-3-4-5-6-7-8-9-10/h2,4-5,10H,1,3,6-9H2/b5-4-. The van der Waals surface area contributed by atoms with Gasteiger partial charge in [0.1, 0.15) is 0 Å². The second kappa shape index (κ2) is 8.83. The Hall–Kier alpha value is -0.170. The molecule has 0 rings (SSSR count). The first kappa shape index (κ1) is 9.83. The van der Waals surface area contributed by atoms with Crippen molar-refractivity contribution in [1.29, 1.82) is 0 Å². The number of hydrogen-bond acceptors (Lipinski definition) is 1. The van der Waals surface area contributed by atoms with Gasteiger partial charge in [-0.15, -0.1) is 6.58 Å². The summed E-state index contributed by atoms with van der Waals surface area (Å²) in [7, 11) is 0. The van der Waals surface area contributed by atoms with Gasteiger partial charge in [-0.2, -0.15) is 12.6 Å². The quantitative estimate of drug-likeness (QED) is 0.341. The van der Waals surface area contributed by atoms with Crippen LogP contribution in [0.3, 0.4) is 0 Å². The highest BCUT2D eigenvalue weighted by Crippen LogP contribution is 1.98. The van der Waals surface area contributed by atoms with Crippen LogP contribution in [0, 0.1) is 0 Å². The highest BCUT2D eigenvalue weighted by Gasteiger charge is 1.80. The number of thiol groups is 1. The molecule has 10 heavy (non-hydrogen) atoms. The molecule has 0 bridgehead atoms. The van der Waals surface area contributed by atoms with Gasteiger partial charge in [-0.3, -0.25) is 0 Å². The number of allylic oxidation sites excluding steroid dienone is 3. The van der Waals surface area contributed by atoms with Crippen molar-refractivity contribution in [3.8, 4) is 0 Å². The minimum atomic E-state index is 1.00. The van der Waals surface area contributed by atoms with Crippen molar-refractivity contribution in [1.82, 2.24) is 0 Å². The van der Waals surface area contributed by atoms with Crippen molar-refractivity contribution >= 4 is 12.6 Å². The van der Waals surface area contributed by atoms with E-state index >= 15 is 0 Å². The molecule has 0 unspecified atom stereocenters. The summed E-state index contributed by atoms with van der Waals surface area (Å²) in [5.41, 5.74) is 0. The molecule has 0 aliphatic rings. The molecule has 0 radical (unpaired) electrons. The molecule has 58 valence electrons. The monoisotopic (exact) mass is 156 g/mol.